The Hall–Kier alpha value is -2.99. The van der Waals surface area contributed by atoms with Gasteiger partial charge in [-0.2, -0.15) is 0 Å². The Kier molecular flexibility index (Phi) is 8.55. The number of ether oxygens (including phenoxy) is 3. The summed E-state index contributed by atoms with van der Waals surface area (Å²) in [4.78, 5) is 14.7. The van der Waals surface area contributed by atoms with Crippen molar-refractivity contribution in [2.45, 2.75) is 13.0 Å². The number of carbonyl (C=O) groups excluding carboxylic acids is 1. The van der Waals surface area contributed by atoms with Gasteiger partial charge in [0.2, 0.25) is 0 Å². The highest BCUT2D eigenvalue weighted by molar-refractivity contribution is 5.95. The molecule has 0 atom stereocenters. The second-order valence-electron chi connectivity index (χ2n) is 6.84. The van der Waals surface area contributed by atoms with Crippen molar-refractivity contribution in [3.8, 4) is 17.2 Å². The first-order chi connectivity index (χ1) is 14.0. The molecular formula is C23H30N2O4. The summed E-state index contributed by atoms with van der Waals surface area (Å²) in [7, 11) is 7.15. The maximum atomic E-state index is 12.7. The van der Waals surface area contributed by atoms with Crippen molar-refractivity contribution in [2.24, 2.45) is 0 Å². The van der Waals surface area contributed by atoms with Gasteiger partial charge >= 0.3 is 0 Å². The van der Waals surface area contributed by atoms with Crippen molar-refractivity contribution >= 4 is 5.91 Å². The molecule has 0 aliphatic rings. The molecule has 2 aromatic rings. The number of methoxy groups -OCH3 is 2. The Labute approximate surface area is 173 Å². The van der Waals surface area contributed by atoms with Gasteiger partial charge in [0, 0.05) is 24.2 Å². The van der Waals surface area contributed by atoms with Crippen LogP contribution in [0.25, 0.3) is 0 Å². The summed E-state index contributed by atoms with van der Waals surface area (Å²) < 4.78 is 16.5. The third-order valence-corrected chi connectivity index (χ3v) is 4.37. The second-order valence-corrected chi connectivity index (χ2v) is 6.84. The van der Waals surface area contributed by atoms with Gasteiger partial charge in [-0.1, -0.05) is 18.2 Å². The summed E-state index contributed by atoms with van der Waals surface area (Å²) in [5.41, 5.74) is 2.36. The van der Waals surface area contributed by atoms with Crippen molar-refractivity contribution in [3.63, 3.8) is 0 Å². The molecule has 2 aromatic carbocycles. The highest BCUT2D eigenvalue weighted by Gasteiger charge is 2.15. The van der Waals surface area contributed by atoms with Crippen molar-refractivity contribution in [1.82, 2.24) is 10.2 Å². The average Bonchev–Trinajstić information content (AvgIpc) is 2.72. The van der Waals surface area contributed by atoms with Gasteiger partial charge in [0.15, 0.2) is 11.5 Å². The van der Waals surface area contributed by atoms with Crippen LogP contribution in [0, 0.1) is 0 Å². The van der Waals surface area contributed by atoms with E-state index in [4.69, 9.17) is 14.2 Å². The summed E-state index contributed by atoms with van der Waals surface area (Å²) >= 11 is 0. The van der Waals surface area contributed by atoms with E-state index >= 15 is 0 Å². The molecule has 0 fully saturated rings. The maximum Gasteiger partial charge on any atom is 0.251 e. The van der Waals surface area contributed by atoms with Crippen LogP contribution in [-0.4, -0.2) is 52.3 Å². The van der Waals surface area contributed by atoms with Crippen LogP contribution >= 0.6 is 0 Å². The molecule has 1 N–H and O–H groups in total. The topological polar surface area (TPSA) is 60.0 Å². The van der Waals surface area contributed by atoms with Crippen LogP contribution in [0.2, 0.25) is 0 Å². The zero-order chi connectivity index (χ0) is 21.2. The number of benzene rings is 2. The standard InChI is InChI=1S/C23H30N2O4/c1-6-7-18-14-19(15-21(27-4)22(18)28-5)23(26)24-16-17-8-10-20(11-9-17)29-13-12-25(2)3/h6,8-11,14-15H,1,7,12-13,16H2,2-5H3,(H,24,26). The van der Waals surface area contributed by atoms with Crippen molar-refractivity contribution in [1.29, 1.82) is 0 Å². The number of carbonyl (C=O) groups is 1. The van der Waals surface area contributed by atoms with Gasteiger partial charge in [-0.25, -0.2) is 0 Å². The Morgan fingerprint density at radius 3 is 2.45 bits per heavy atom. The molecule has 0 bridgehead atoms. The lowest BCUT2D eigenvalue weighted by Gasteiger charge is -2.14. The summed E-state index contributed by atoms with van der Waals surface area (Å²) in [5.74, 6) is 1.78. The monoisotopic (exact) mass is 398 g/mol. The lowest BCUT2D eigenvalue weighted by molar-refractivity contribution is 0.0950. The molecule has 0 aliphatic heterocycles. The number of nitrogens with one attached hydrogen (secondary N) is 1. The SMILES string of the molecule is C=CCc1cc(C(=O)NCc2ccc(OCCN(C)C)cc2)cc(OC)c1OC. The van der Waals surface area contributed by atoms with Gasteiger partial charge in [-0.15, -0.1) is 6.58 Å². The molecule has 0 aliphatic carbocycles. The molecule has 0 radical (unpaired) electrons. The Balaban J connectivity index is 2.01. The zero-order valence-corrected chi connectivity index (χ0v) is 17.7. The van der Waals surface area contributed by atoms with Crippen LogP contribution in [0.3, 0.4) is 0 Å². The summed E-state index contributed by atoms with van der Waals surface area (Å²) in [5, 5.41) is 2.94. The van der Waals surface area contributed by atoms with Crippen LogP contribution in [0.1, 0.15) is 21.5 Å². The molecule has 6 heteroatoms. The average molecular weight is 399 g/mol. The first kappa shape index (κ1) is 22.3. The molecule has 0 saturated heterocycles. The Morgan fingerprint density at radius 2 is 1.86 bits per heavy atom. The van der Waals surface area contributed by atoms with E-state index in [1.54, 1.807) is 32.4 Å². The maximum absolute atomic E-state index is 12.7. The van der Waals surface area contributed by atoms with E-state index < -0.39 is 0 Å². The quantitative estimate of drug-likeness (QED) is 0.589. The van der Waals surface area contributed by atoms with Crippen LogP contribution in [0.4, 0.5) is 0 Å². The third-order valence-electron chi connectivity index (χ3n) is 4.37. The fourth-order valence-electron chi connectivity index (χ4n) is 2.82. The number of rotatable bonds is 11. The first-order valence-electron chi connectivity index (χ1n) is 9.49. The molecule has 0 heterocycles. The van der Waals surface area contributed by atoms with Crippen LogP contribution in [0.5, 0.6) is 17.2 Å². The van der Waals surface area contributed by atoms with Crippen molar-refractivity contribution in [2.75, 3.05) is 41.5 Å². The predicted octanol–water partition coefficient (Wildman–Crippen LogP) is 3.30. The summed E-state index contributed by atoms with van der Waals surface area (Å²) in [6.45, 7) is 5.67. The van der Waals surface area contributed by atoms with Crippen molar-refractivity contribution in [3.05, 3.63) is 65.7 Å². The third kappa shape index (κ3) is 6.54. The van der Waals surface area contributed by atoms with E-state index in [-0.39, 0.29) is 5.91 Å². The molecule has 0 unspecified atom stereocenters. The van der Waals surface area contributed by atoms with Gasteiger partial charge in [0.25, 0.3) is 5.91 Å². The number of nitrogens with zero attached hydrogens (tertiary/aromatic N) is 1. The molecule has 2 rings (SSSR count). The van der Waals surface area contributed by atoms with Gasteiger partial charge in [-0.3, -0.25) is 4.79 Å². The Morgan fingerprint density at radius 1 is 1.14 bits per heavy atom. The minimum absolute atomic E-state index is 0.178. The molecule has 156 valence electrons. The van der Waals surface area contributed by atoms with E-state index in [0.717, 1.165) is 23.4 Å². The number of likely N-dealkylation sites (N-methyl/N-ethyl adjacent to an activating group) is 1. The predicted molar refractivity (Wildman–Crippen MR) is 115 cm³/mol. The minimum atomic E-state index is -0.178. The largest absolute Gasteiger partial charge is 0.493 e. The van der Waals surface area contributed by atoms with Crippen LogP contribution in [0.15, 0.2) is 49.1 Å². The van der Waals surface area contributed by atoms with Crippen molar-refractivity contribution < 1.29 is 19.0 Å². The normalized spacial score (nSPS) is 10.5. The summed E-state index contributed by atoms with van der Waals surface area (Å²) in [6, 6.07) is 11.2. The zero-order valence-electron chi connectivity index (χ0n) is 17.7. The fourth-order valence-corrected chi connectivity index (χ4v) is 2.82. The van der Waals surface area contributed by atoms with Crippen LogP contribution < -0.4 is 19.5 Å². The highest BCUT2D eigenvalue weighted by Crippen LogP contribution is 2.33. The number of amides is 1. The molecule has 6 nitrogen and oxygen atoms in total. The molecule has 29 heavy (non-hydrogen) atoms. The number of hydrogen-bond acceptors (Lipinski definition) is 5. The number of allylic oxidation sites excluding steroid dienone is 1. The number of hydrogen-bond donors (Lipinski definition) is 1. The lowest BCUT2D eigenvalue weighted by atomic mass is 10.0. The van der Waals surface area contributed by atoms with Crippen LogP contribution in [-0.2, 0) is 13.0 Å². The smallest absolute Gasteiger partial charge is 0.251 e. The van der Waals surface area contributed by atoms with E-state index in [2.05, 4.69) is 16.8 Å². The Bertz CT molecular complexity index is 816. The summed E-state index contributed by atoms with van der Waals surface area (Å²) in [6.07, 6.45) is 2.34. The van der Waals surface area contributed by atoms with E-state index in [9.17, 15) is 4.79 Å². The van der Waals surface area contributed by atoms with E-state index in [1.165, 1.54) is 0 Å². The second kappa shape index (κ2) is 11.1. The minimum Gasteiger partial charge on any atom is -0.493 e. The lowest BCUT2D eigenvalue weighted by Crippen LogP contribution is -2.23. The molecular weight excluding hydrogens is 368 g/mol. The highest BCUT2D eigenvalue weighted by atomic mass is 16.5. The van der Waals surface area contributed by atoms with Gasteiger partial charge in [-0.05, 0) is 50.3 Å². The van der Waals surface area contributed by atoms with Gasteiger partial charge in [0.1, 0.15) is 12.4 Å². The van der Waals surface area contributed by atoms with E-state index in [1.807, 2.05) is 38.4 Å². The van der Waals surface area contributed by atoms with E-state index in [0.29, 0.717) is 36.6 Å². The molecule has 1 amide bonds. The fraction of sp³-hybridized carbons (Fsp3) is 0.348. The molecule has 0 spiro atoms. The van der Waals surface area contributed by atoms with Gasteiger partial charge < -0.3 is 24.4 Å². The molecule has 0 saturated carbocycles. The first-order valence-corrected chi connectivity index (χ1v) is 9.49. The molecule has 0 aromatic heterocycles. The van der Waals surface area contributed by atoms with Gasteiger partial charge in [0.05, 0.1) is 14.2 Å².